The van der Waals surface area contributed by atoms with Crippen LogP contribution in [0.2, 0.25) is 0 Å². The maximum absolute atomic E-state index is 13.3. The maximum Gasteiger partial charge on any atom is 0.253 e. The molecule has 0 radical (unpaired) electrons. The molecule has 0 fully saturated rings. The van der Waals surface area contributed by atoms with Gasteiger partial charge in [0.25, 0.3) is 5.91 Å². The molecule has 0 saturated heterocycles. The van der Waals surface area contributed by atoms with Gasteiger partial charge in [0.1, 0.15) is 23.9 Å². The van der Waals surface area contributed by atoms with Crippen molar-refractivity contribution in [1.29, 1.82) is 0 Å². The Labute approximate surface area is 162 Å². The van der Waals surface area contributed by atoms with Gasteiger partial charge in [-0.15, -0.1) is 0 Å². The highest BCUT2D eigenvalue weighted by molar-refractivity contribution is 5.94. The average molecular weight is 381 g/mol. The monoisotopic (exact) mass is 381 g/mol. The molecule has 0 bridgehead atoms. The molecule has 0 aliphatic heterocycles. The van der Waals surface area contributed by atoms with E-state index in [0.717, 1.165) is 5.75 Å². The highest BCUT2D eigenvalue weighted by atomic mass is 19.1. The summed E-state index contributed by atoms with van der Waals surface area (Å²) in [5.74, 6) is 0.829. The van der Waals surface area contributed by atoms with Crippen molar-refractivity contribution >= 4 is 17.3 Å². The minimum absolute atomic E-state index is 0.270. The van der Waals surface area contributed by atoms with Crippen molar-refractivity contribution in [2.75, 3.05) is 25.6 Å². The SMILES string of the molecule is COc1ccc(OCCNC(=O)c2cncc(Nc3cccc(F)c3)c2)cc1. The van der Waals surface area contributed by atoms with Gasteiger partial charge in [-0.05, 0) is 48.5 Å². The minimum atomic E-state index is -0.344. The van der Waals surface area contributed by atoms with Crippen LogP contribution in [-0.2, 0) is 0 Å². The molecule has 0 unspecified atom stereocenters. The summed E-state index contributed by atoms with van der Waals surface area (Å²) >= 11 is 0. The van der Waals surface area contributed by atoms with Gasteiger partial charge in [0.15, 0.2) is 0 Å². The van der Waals surface area contributed by atoms with E-state index in [-0.39, 0.29) is 11.7 Å². The van der Waals surface area contributed by atoms with Gasteiger partial charge < -0.3 is 20.1 Å². The second-order valence-electron chi connectivity index (χ2n) is 5.88. The predicted molar refractivity (Wildman–Crippen MR) is 105 cm³/mol. The lowest BCUT2D eigenvalue weighted by Gasteiger charge is -2.10. The number of hydrogen-bond donors (Lipinski definition) is 2. The normalized spacial score (nSPS) is 10.2. The maximum atomic E-state index is 13.3. The Morgan fingerprint density at radius 2 is 1.82 bits per heavy atom. The smallest absolute Gasteiger partial charge is 0.253 e. The molecule has 0 saturated carbocycles. The molecule has 2 aromatic carbocycles. The van der Waals surface area contributed by atoms with E-state index in [4.69, 9.17) is 9.47 Å². The fraction of sp³-hybridized carbons (Fsp3) is 0.143. The summed E-state index contributed by atoms with van der Waals surface area (Å²) in [7, 11) is 1.60. The Balaban J connectivity index is 1.50. The van der Waals surface area contributed by atoms with E-state index in [1.807, 2.05) is 0 Å². The average Bonchev–Trinajstić information content (AvgIpc) is 2.72. The summed E-state index contributed by atoms with van der Waals surface area (Å²) in [6.07, 6.45) is 3.03. The molecule has 3 aromatic rings. The van der Waals surface area contributed by atoms with Gasteiger partial charge in [-0.1, -0.05) is 6.07 Å². The Morgan fingerprint density at radius 1 is 1.04 bits per heavy atom. The first-order valence-electron chi connectivity index (χ1n) is 8.67. The molecular formula is C21H20FN3O3. The lowest BCUT2D eigenvalue weighted by molar-refractivity contribution is 0.0946. The van der Waals surface area contributed by atoms with E-state index >= 15 is 0 Å². The van der Waals surface area contributed by atoms with Crippen LogP contribution in [0.25, 0.3) is 0 Å². The van der Waals surface area contributed by atoms with Crippen LogP contribution in [0.1, 0.15) is 10.4 Å². The number of nitrogens with zero attached hydrogens (tertiary/aromatic N) is 1. The van der Waals surface area contributed by atoms with E-state index in [9.17, 15) is 9.18 Å². The molecular weight excluding hydrogens is 361 g/mol. The van der Waals surface area contributed by atoms with Crippen molar-refractivity contribution in [3.05, 3.63) is 78.4 Å². The summed E-state index contributed by atoms with van der Waals surface area (Å²) in [5, 5.41) is 5.80. The number of rotatable bonds is 8. The number of hydrogen-bond acceptors (Lipinski definition) is 5. The van der Waals surface area contributed by atoms with Crippen LogP contribution in [0.15, 0.2) is 67.0 Å². The summed E-state index contributed by atoms with van der Waals surface area (Å²) in [4.78, 5) is 16.3. The van der Waals surface area contributed by atoms with Gasteiger partial charge in [-0.25, -0.2) is 4.39 Å². The van der Waals surface area contributed by atoms with E-state index in [2.05, 4.69) is 15.6 Å². The zero-order valence-electron chi connectivity index (χ0n) is 15.3. The zero-order valence-corrected chi connectivity index (χ0v) is 15.3. The molecule has 7 heteroatoms. The van der Waals surface area contributed by atoms with E-state index in [1.165, 1.54) is 18.3 Å². The van der Waals surface area contributed by atoms with Gasteiger partial charge in [0.2, 0.25) is 0 Å². The van der Waals surface area contributed by atoms with Crippen molar-refractivity contribution in [3.8, 4) is 11.5 Å². The standard InChI is InChI=1S/C21H20FN3O3/c1-27-19-5-7-20(8-6-19)28-10-9-24-21(26)15-11-18(14-23-13-15)25-17-4-2-3-16(22)12-17/h2-8,11-14,25H,9-10H2,1H3,(H,24,26). The molecule has 6 nitrogen and oxygen atoms in total. The van der Waals surface area contributed by atoms with Crippen LogP contribution in [0.4, 0.5) is 15.8 Å². The van der Waals surface area contributed by atoms with Crippen LogP contribution in [-0.4, -0.2) is 31.2 Å². The fourth-order valence-electron chi connectivity index (χ4n) is 2.47. The Kier molecular flexibility index (Phi) is 6.41. The molecule has 28 heavy (non-hydrogen) atoms. The van der Waals surface area contributed by atoms with Crippen LogP contribution in [0.3, 0.4) is 0 Å². The van der Waals surface area contributed by atoms with Gasteiger partial charge in [-0.3, -0.25) is 9.78 Å². The number of benzene rings is 2. The molecule has 0 atom stereocenters. The lowest BCUT2D eigenvalue weighted by Crippen LogP contribution is -2.28. The minimum Gasteiger partial charge on any atom is -0.497 e. The first-order valence-corrected chi connectivity index (χ1v) is 8.67. The van der Waals surface area contributed by atoms with Crippen molar-refractivity contribution in [2.45, 2.75) is 0 Å². The molecule has 0 aliphatic rings. The molecule has 3 rings (SSSR count). The van der Waals surface area contributed by atoms with Crippen LogP contribution in [0.5, 0.6) is 11.5 Å². The number of aromatic nitrogens is 1. The van der Waals surface area contributed by atoms with Gasteiger partial charge in [-0.2, -0.15) is 0 Å². The number of carbonyl (C=O) groups excluding carboxylic acids is 1. The van der Waals surface area contributed by atoms with Crippen molar-refractivity contribution in [2.24, 2.45) is 0 Å². The first kappa shape index (κ1) is 19.2. The number of pyridine rings is 1. The first-order chi connectivity index (χ1) is 13.6. The topological polar surface area (TPSA) is 72.5 Å². The van der Waals surface area contributed by atoms with Gasteiger partial charge >= 0.3 is 0 Å². The van der Waals surface area contributed by atoms with Crippen molar-refractivity contribution < 1.29 is 18.7 Å². The number of methoxy groups -OCH3 is 1. The fourth-order valence-corrected chi connectivity index (χ4v) is 2.47. The largest absolute Gasteiger partial charge is 0.497 e. The number of anilines is 2. The second-order valence-corrected chi connectivity index (χ2v) is 5.88. The molecule has 1 amide bonds. The zero-order chi connectivity index (χ0) is 19.8. The van der Waals surface area contributed by atoms with Crippen LogP contribution < -0.4 is 20.1 Å². The van der Waals surface area contributed by atoms with Gasteiger partial charge in [0.05, 0.1) is 31.1 Å². The summed E-state index contributed by atoms with van der Waals surface area (Å²) in [6, 6.07) is 14.9. The highest BCUT2D eigenvalue weighted by Crippen LogP contribution is 2.18. The van der Waals surface area contributed by atoms with E-state index < -0.39 is 0 Å². The van der Waals surface area contributed by atoms with Crippen LogP contribution >= 0.6 is 0 Å². The highest BCUT2D eigenvalue weighted by Gasteiger charge is 2.07. The molecule has 0 spiro atoms. The third-order valence-electron chi connectivity index (χ3n) is 3.83. The lowest BCUT2D eigenvalue weighted by atomic mass is 10.2. The number of halogens is 1. The van der Waals surface area contributed by atoms with Gasteiger partial charge in [0, 0.05) is 11.9 Å². The number of carbonyl (C=O) groups is 1. The van der Waals surface area contributed by atoms with Crippen molar-refractivity contribution in [1.82, 2.24) is 10.3 Å². The number of nitrogens with one attached hydrogen (secondary N) is 2. The van der Waals surface area contributed by atoms with E-state index in [0.29, 0.717) is 35.8 Å². The summed E-state index contributed by atoms with van der Waals surface area (Å²) in [6.45, 7) is 0.666. The summed E-state index contributed by atoms with van der Waals surface area (Å²) < 4.78 is 23.9. The number of amides is 1. The Bertz CT molecular complexity index is 932. The third kappa shape index (κ3) is 5.44. The van der Waals surface area contributed by atoms with E-state index in [1.54, 1.807) is 55.8 Å². The molecule has 0 aliphatic carbocycles. The summed E-state index contributed by atoms with van der Waals surface area (Å²) in [5.41, 5.74) is 1.56. The van der Waals surface area contributed by atoms with Crippen molar-refractivity contribution in [3.63, 3.8) is 0 Å². The Hall–Kier alpha value is -3.61. The second kappa shape index (κ2) is 9.36. The molecule has 1 aromatic heterocycles. The third-order valence-corrected chi connectivity index (χ3v) is 3.83. The molecule has 2 N–H and O–H groups in total. The molecule has 1 heterocycles. The Morgan fingerprint density at radius 3 is 2.57 bits per heavy atom. The predicted octanol–water partition coefficient (Wildman–Crippen LogP) is 3.78. The number of ether oxygens (including phenoxy) is 2. The molecule has 144 valence electrons. The quantitative estimate of drug-likeness (QED) is 0.581. The van der Waals surface area contributed by atoms with Crippen LogP contribution in [0, 0.1) is 5.82 Å².